The summed E-state index contributed by atoms with van der Waals surface area (Å²) in [6.07, 6.45) is 6.92. The molecule has 0 bridgehead atoms. The van der Waals surface area contributed by atoms with Crippen LogP contribution >= 0.6 is 0 Å². The molecule has 2 heterocycles. The zero-order valence-corrected chi connectivity index (χ0v) is 13.5. The third-order valence-corrected chi connectivity index (χ3v) is 4.62. The zero-order valence-electron chi connectivity index (χ0n) is 13.5. The van der Waals surface area contributed by atoms with Gasteiger partial charge in [-0.3, -0.25) is 0 Å². The summed E-state index contributed by atoms with van der Waals surface area (Å²) >= 11 is 0. The SMILES string of the molecule is NC1CCC(Nc2ncnc3c2cnn3-c2ccc(F)cc2F)CC1. The second kappa shape index (κ2) is 6.36. The summed E-state index contributed by atoms with van der Waals surface area (Å²) in [7, 11) is 0. The Balaban J connectivity index is 1.68. The number of aromatic nitrogens is 4. The first-order valence-electron chi connectivity index (χ1n) is 8.28. The summed E-state index contributed by atoms with van der Waals surface area (Å²) in [6.45, 7) is 0. The minimum atomic E-state index is -0.695. The molecule has 8 heteroatoms. The molecule has 1 aromatic carbocycles. The lowest BCUT2D eigenvalue weighted by Gasteiger charge is -2.27. The van der Waals surface area contributed by atoms with E-state index in [1.54, 1.807) is 6.20 Å². The maximum Gasteiger partial charge on any atom is 0.168 e. The smallest absolute Gasteiger partial charge is 0.168 e. The van der Waals surface area contributed by atoms with E-state index in [4.69, 9.17) is 5.73 Å². The molecule has 6 nitrogen and oxygen atoms in total. The van der Waals surface area contributed by atoms with Crippen LogP contribution in [0.3, 0.4) is 0 Å². The van der Waals surface area contributed by atoms with Crippen molar-refractivity contribution in [3.8, 4) is 5.69 Å². The van der Waals surface area contributed by atoms with E-state index < -0.39 is 11.6 Å². The molecule has 0 spiro atoms. The van der Waals surface area contributed by atoms with E-state index in [-0.39, 0.29) is 11.7 Å². The van der Waals surface area contributed by atoms with Gasteiger partial charge in [-0.15, -0.1) is 0 Å². The molecule has 25 heavy (non-hydrogen) atoms. The average Bonchev–Trinajstić information content (AvgIpc) is 3.02. The van der Waals surface area contributed by atoms with Gasteiger partial charge in [-0.25, -0.2) is 23.4 Å². The van der Waals surface area contributed by atoms with Crippen molar-refractivity contribution in [3.63, 3.8) is 0 Å². The zero-order chi connectivity index (χ0) is 17.4. The molecule has 0 saturated heterocycles. The second-order valence-corrected chi connectivity index (χ2v) is 6.37. The van der Waals surface area contributed by atoms with Gasteiger partial charge in [0.25, 0.3) is 0 Å². The highest BCUT2D eigenvalue weighted by Crippen LogP contribution is 2.26. The molecule has 4 rings (SSSR count). The molecule has 0 amide bonds. The Labute approximate surface area is 143 Å². The number of nitrogens with one attached hydrogen (secondary N) is 1. The van der Waals surface area contributed by atoms with Gasteiger partial charge in [-0.2, -0.15) is 5.10 Å². The van der Waals surface area contributed by atoms with Gasteiger partial charge in [0.15, 0.2) is 11.5 Å². The molecule has 2 aromatic heterocycles. The Kier molecular flexibility index (Phi) is 4.04. The molecule has 3 aromatic rings. The van der Waals surface area contributed by atoms with Crippen molar-refractivity contribution >= 4 is 16.9 Å². The summed E-state index contributed by atoms with van der Waals surface area (Å²) in [5.41, 5.74) is 6.56. The lowest BCUT2D eigenvalue weighted by Crippen LogP contribution is -2.33. The van der Waals surface area contributed by atoms with Crippen LogP contribution in [0, 0.1) is 11.6 Å². The van der Waals surface area contributed by atoms with Gasteiger partial charge in [-0.1, -0.05) is 0 Å². The Bertz CT molecular complexity index is 901. The molecular formula is C17H18F2N6. The highest BCUT2D eigenvalue weighted by molar-refractivity contribution is 5.87. The van der Waals surface area contributed by atoms with Gasteiger partial charge in [-0.05, 0) is 37.8 Å². The average molecular weight is 344 g/mol. The molecule has 1 aliphatic carbocycles. The molecule has 0 unspecified atom stereocenters. The number of halogens is 2. The number of hydrogen-bond donors (Lipinski definition) is 2. The lowest BCUT2D eigenvalue weighted by molar-refractivity contribution is 0.410. The van der Waals surface area contributed by atoms with Gasteiger partial charge in [0.2, 0.25) is 0 Å². The Hall–Kier alpha value is -2.61. The predicted octanol–water partition coefficient (Wildman–Crippen LogP) is 2.78. The largest absolute Gasteiger partial charge is 0.367 e. The third-order valence-electron chi connectivity index (χ3n) is 4.62. The molecule has 130 valence electrons. The van der Waals surface area contributed by atoms with Gasteiger partial charge in [0.1, 0.15) is 23.6 Å². The number of rotatable bonds is 3. The highest BCUT2D eigenvalue weighted by Gasteiger charge is 2.20. The monoisotopic (exact) mass is 344 g/mol. The first-order chi connectivity index (χ1) is 12.1. The van der Waals surface area contributed by atoms with Crippen molar-refractivity contribution in [3.05, 3.63) is 42.4 Å². The fraction of sp³-hybridized carbons (Fsp3) is 0.353. The van der Waals surface area contributed by atoms with Crippen LogP contribution in [0.15, 0.2) is 30.7 Å². The Morgan fingerprint density at radius 2 is 1.92 bits per heavy atom. The van der Waals surface area contributed by atoms with Crippen LogP contribution in [0.25, 0.3) is 16.7 Å². The van der Waals surface area contributed by atoms with E-state index in [0.29, 0.717) is 22.9 Å². The minimum Gasteiger partial charge on any atom is -0.367 e. The summed E-state index contributed by atoms with van der Waals surface area (Å²) < 4.78 is 28.6. The van der Waals surface area contributed by atoms with Crippen LogP contribution < -0.4 is 11.1 Å². The molecule has 0 radical (unpaired) electrons. The molecule has 1 saturated carbocycles. The summed E-state index contributed by atoms with van der Waals surface area (Å²) in [4.78, 5) is 8.52. The first kappa shape index (κ1) is 15.9. The van der Waals surface area contributed by atoms with Crippen LogP contribution in [0.1, 0.15) is 25.7 Å². The first-order valence-corrected chi connectivity index (χ1v) is 8.28. The van der Waals surface area contributed by atoms with Crippen molar-refractivity contribution in [2.24, 2.45) is 5.73 Å². The quantitative estimate of drug-likeness (QED) is 0.763. The fourth-order valence-electron chi connectivity index (χ4n) is 3.25. The molecular weight excluding hydrogens is 326 g/mol. The lowest BCUT2D eigenvalue weighted by atomic mass is 9.92. The molecule has 1 fully saturated rings. The van der Waals surface area contributed by atoms with E-state index in [9.17, 15) is 8.78 Å². The van der Waals surface area contributed by atoms with E-state index in [1.165, 1.54) is 23.1 Å². The fourth-order valence-corrected chi connectivity index (χ4v) is 3.25. The summed E-state index contributed by atoms with van der Waals surface area (Å²) in [5, 5.41) is 8.33. The van der Waals surface area contributed by atoms with Crippen LogP contribution in [0.4, 0.5) is 14.6 Å². The van der Waals surface area contributed by atoms with Crippen molar-refractivity contribution in [1.82, 2.24) is 19.7 Å². The van der Waals surface area contributed by atoms with Crippen LogP contribution in [0.5, 0.6) is 0 Å². The third kappa shape index (κ3) is 3.05. The maximum atomic E-state index is 14.1. The van der Waals surface area contributed by atoms with Crippen LogP contribution in [-0.2, 0) is 0 Å². The minimum absolute atomic E-state index is 0.143. The molecule has 0 atom stereocenters. The standard InChI is InChI=1S/C17H18F2N6/c18-10-1-6-15(14(19)7-10)25-17-13(8-23-25)16(21-9-22-17)24-12-4-2-11(20)3-5-12/h1,6-9,11-12H,2-5,20H2,(H,21,22,24). The van der Waals surface area contributed by atoms with Gasteiger partial charge >= 0.3 is 0 Å². The maximum absolute atomic E-state index is 14.1. The van der Waals surface area contributed by atoms with Crippen molar-refractivity contribution < 1.29 is 8.78 Å². The van der Waals surface area contributed by atoms with E-state index in [0.717, 1.165) is 31.7 Å². The highest BCUT2D eigenvalue weighted by atomic mass is 19.1. The number of benzene rings is 1. The number of hydrogen-bond acceptors (Lipinski definition) is 5. The van der Waals surface area contributed by atoms with Crippen molar-refractivity contribution in [2.45, 2.75) is 37.8 Å². The number of nitrogens with zero attached hydrogens (tertiary/aromatic N) is 4. The summed E-state index contributed by atoms with van der Waals surface area (Å²) in [5.74, 6) is -0.663. The Morgan fingerprint density at radius 1 is 1.12 bits per heavy atom. The van der Waals surface area contributed by atoms with Crippen LogP contribution in [-0.4, -0.2) is 31.8 Å². The predicted molar refractivity (Wildman–Crippen MR) is 90.4 cm³/mol. The van der Waals surface area contributed by atoms with Crippen molar-refractivity contribution in [2.75, 3.05) is 5.32 Å². The van der Waals surface area contributed by atoms with Gasteiger partial charge in [0, 0.05) is 18.2 Å². The number of nitrogens with two attached hydrogens (primary N) is 1. The van der Waals surface area contributed by atoms with Gasteiger partial charge < -0.3 is 11.1 Å². The molecule has 0 aliphatic heterocycles. The number of fused-ring (bicyclic) bond motifs is 1. The van der Waals surface area contributed by atoms with Crippen LogP contribution in [0.2, 0.25) is 0 Å². The topological polar surface area (TPSA) is 81.7 Å². The molecule has 1 aliphatic rings. The second-order valence-electron chi connectivity index (χ2n) is 6.37. The van der Waals surface area contributed by atoms with E-state index in [2.05, 4.69) is 20.4 Å². The Morgan fingerprint density at radius 3 is 2.68 bits per heavy atom. The van der Waals surface area contributed by atoms with E-state index >= 15 is 0 Å². The van der Waals surface area contributed by atoms with E-state index in [1.807, 2.05) is 0 Å². The van der Waals surface area contributed by atoms with Crippen molar-refractivity contribution in [1.29, 1.82) is 0 Å². The number of anilines is 1. The molecule has 3 N–H and O–H groups in total. The van der Waals surface area contributed by atoms with Gasteiger partial charge in [0.05, 0.1) is 11.6 Å². The normalized spacial score (nSPS) is 20.8. The summed E-state index contributed by atoms with van der Waals surface area (Å²) in [6, 6.07) is 3.93.